The highest BCUT2D eigenvalue weighted by Gasteiger charge is 2.48. The predicted molar refractivity (Wildman–Crippen MR) is 92.6 cm³/mol. The van der Waals surface area contributed by atoms with Crippen LogP contribution in [0.1, 0.15) is 35.8 Å². The first-order valence-corrected chi connectivity index (χ1v) is 8.87. The zero-order valence-electron chi connectivity index (χ0n) is 15.0. The van der Waals surface area contributed by atoms with Crippen LogP contribution in [-0.4, -0.2) is 45.5 Å². The van der Waals surface area contributed by atoms with Gasteiger partial charge in [0.1, 0.15) is 0 Å². The van der Waals surface area contributed by atoms with E-state index in [1.165, 1.54) is 11.1 Å². The SMILES string of the molecule is CC(=O)N1C[C@H]2CN(Cc3nc(C)no3)C[C@H]2[C@H]1c1ccccc1C. The third kappa shape index (κ3) is 2.95. The molecule has 1 aromatic carbocycles. The average Bonchev–Trinajstić information content (AvgIpc) is 3.23. The third-order valence-electron chi connectivity index (χ3n) is 5.58. The molecule has 132 valence electrons. The van der Waals surface area contributed by atoms with Crippen molar-refractivity contribution < 1.29 is 9.32 Å². The monoisotopic (exact) mass is 340 g/mol. The first-order chi connectivity index (χ1) is 12.0. The molecular weight excluding hydrogens is 316 g/mol. The van der Waals surface area contributed by atoms with Gasteiger partial charge in [-0.3, -0.25) is 9.69 Å². The van der Waals surface area contributed by atoms with Crippen LogP contribution in [0, 0.1) is 25.7 Å². The molecule has 4 rings (SSSR count). The summed E-state index contributed by atoms with van der Waals surface area (Å²) in [6.45, 7) is 9.10. The van der Waals surface area contributed by atoms with E-state index in [0.29, 0.717) is 30.1 Å². The van der Waals surface area contributed by atoms with Crippen LogP contribution in [0.3, 0.4) is 0 Å². The second-order valence-corrected chi connectivity index (χ2v) is 7.33. The normalized spacial score (nSPS) is 26.2. The van der Waals surface area contributed by atoms with E-state index in [4.69, 9.17) is 4.52 Å². The fraction of sp³-hybridized carbons (Fsp3) is 0.526. The maximum absolute atomic E-state index is 12.2. The van der Waals surface area contributed by atoms with Crippen LogP contribution in [0.5, 0.6) is 0 Å². The maximum Gasteiger partial charge on any atom is 0.240 e. The smallest absolute Gasteiger partial charge is 0.240 e. The Labute approximate surface area is 147 Å². The van der Waals surface area contributed by atoms with E-state index < -0.39 is 0 Å². The molecule has 6 heteroatoms. The van der Waals surface area contributed by atoms with E-state index in [1.54, 1.807) is 6.92 Å². The molecule has 2 aliphatic heterocycles. The lowest BCUT2D eigenvalue weighted by atomic mass is 9.87. The Morgan fingerprint density at radius 3 is 2.72 bits per heavy atom. The predicted octanol–water partition coefficient (Wildman–Crippen LogP) is 2.34. The number of likely N-dealkylation sites (tertiary alicyclic amines) is 2. The highest BCUT2D eigenvalue weighted by molar-refractivity contribution is 5.74. The minimum Gasteiger partial charge on any atom is -0.338 e. The molecule has 3 atom stereocenters. The summed E-state index contributed by atoms with van der Waals surface area (Å²) in [6, 6.07) is 8.60. The Kier molecular flexibility index (Phi) is 4.07. The molecule has 0 aliphatic carbocycles. The summed E-state index contributed by atoms with van der Waals surface area (Å²) in [6.07, 6.45) is 0. The van der Waals surface area contributed by atoms with Crippen molar-refractivity contribution in [1.82, 2.24) is 19.9 Å². The topological polar surface area (TPSA) is 62.5 Å². The Balaban J connectivity index is 1.57. The second kappa shape index (κ2) is 6.26. The van der Waals surface area contributed by atoms with Gasteiger partial charge in [0.2, 0.25) is 11.8 Å². The molecule has 2 fully saturated rings. The van der Waals surface area contributed by atoms with Gasteiger partial charge in [-0.15, -0.1) is 0 Å². The molecular formula is C19H24N4O2. The molecule has 0 spiro atoms. The molecule has 6 nitrogen and oxygen atoms in total. The summed E-state index contributed by atoms with van der Waals surface area (Å²) in [7, 11) is 0. The fourth-order valence-electron chi connectivity index (χ4n) is 4.50. The first kappa shape index (κ1) is 16.3. The molecule has 25 heavy (non-hydrogen) atoms. The summed E-state index contributed by atoms with van der Waals surface area (Å²) >= 11 is 0. The summed E-state index contributed by atoms with van der Waals surface area (Å²) in [4.78, 5) is 21.0. The highest BCUT2D eigenvalue weighted by Crippen LogP contribution is 2.45. The number of hydrogen-bond donors (Lipinski definition) is 0. The number of benzene rings is 1. The first-order valence-electron chi connectivity index (χ1n) is 8.87. The van der Waals surface area contributed by atoms with Gasteiger partial charge in [-0.05, 0) is 30.9 Å². The number of amides is 1. The third-order valence-corrected chi connectivity index (χ3v) is 5.58. The number of hydrogen-bond acceptors (Lipinski definition) is 5. The van der Waals surface area contributed by atoms with Crippen LogP contribution in [0.4, 0.5) is 0 Å². The van der Waals surface area contributed by atoms with Gasteiger partial charge in [-0.25, -0.2) is 0 Å². The average molecular weight is 340 g/mol. The van der Waals surface area contributed by atoms with Gasteiger partial charge in [-0.1, -0.05) is 29.4 Å². The van der Waals surface area contributed by atoms with Crippen LogP contribution < -0.4 is 0 Å². The minimum atomic E-state index is 0.165. The molecule has 0 saturated carbocycles. The zero-order chi connectivity index (χ0) is 17.6. The van der Waals surface area contributed by atoms with Crippen molar-refractivity contribution in [3.8, 4) is 0 Å². The molecule has 0 unspecified atom stereocenters. The molecule has 2 aliphatic rings. The van der Waals surface area contributed by atoms with Crippen LogP contribution in [0.2, 0.25) is 0 Å². The molecule has 1 amide bonds. The molecule has 0 radical (unpaired) electrons. The van der Waals surface area contributed by atoms with Crippen LogP contribution in [-0.2, 0) is 11.3 Å². The molecule has 2 saturated heterocycles. The molecule has 1 aromatic heterocycles. The summed E-state index contributed by atoms with van der Waals surface area (Å²) in [5.41, 5.74) is 2.53. The number of aromatic nitrogens is 2. The lowest BCUT2D eigenvalue weighted by Gasteiger charge is -2.30. The van der Waals surface area contributed by atoms with Crippen molar-refractivity contribution in [1.29, 1.82) is 0 Å². The van der Waals surface area contributed by atoms with E-state index in [9.17, 15) is 4.79 Å². The second-order valence-electron chi connectivity index (χ2n) is 7.33. The van der Waals surface area contributed by atoms with Gasteiger partial charge in [0, 0.05) is 32.5 Å². The van der Waals surface area contributed by atoms with Gasteiger partial charge in [0.05, 0.1) is 12.6 Å². The number of fused-ring (bicyclic) bond motifs is 1. The van der Waals surface area contributed by atoms with Crippen molar-refractivity contribution >= 4 is 5.91 Å². The Bertz CT molecular complexity index is 787. The van der Waals surface area contributed by atoms with Crippen molar-refractivity contribution in [3.05, 3.63) is 47.1 Å². The van der Waals surface area contributed by atoms with E-state index in [1.807, 2.05) is 6.92 Å². The Morgan fingerprint density at radius 1 is 1.24 bits per heavy atom. The number of carbonyl (C=O) groups is 1. The summed E-state index contributed by atoms with van der Waals surface area (Å²) in [5.74, 6) is 2.47. The standard InChI is InChI=1S/C19H24N4O2/c1-12-6-4-5-7-16(12)19-17-10-22(11-18-20-13(2)21-25-18)8-15(17)9-23(19)14(3)24/h4-7,15,17,19H,8-11H2,1-3H3/t15-,17-,19-/m1/s1. The Hall–Kier alpha value is -2.21. The van der Waals surface area contributed by atoms with Crippen molar-refractivity contribution in [2.24, 2.45) is 11.8 Å². The molecule has 3 heterocycles. The van der Waals surface area contributed by atoms with E-state index in [-0.39, 0.29) is 11.9 Å². The van der Waals surface area contributed by atoms with Gasteiger partial charge < -0.3 is 9.42 Å². The van der Waals surface area contributed by atoms with Crippen molar-refractivity contribution in [3.63, 3.8) is 0 Å². The Morgan fingerprint density at radius 2 is 2.04 bits per heavy atom. The van der Waals surface area contributed by atoms with E-state index in [2.05, 4.69) is 51.1 Å². The zero-order valence-corrected chi connectivity index (χ0v) is 15.0. The van der Waals surface area contributed by atoms with Crippen molar-refractivity contribution in [2.75, 3.05) is 19.6 Å². The van der Waals surface area contributed by atoms with Gasteiger partial charge in [0.25, 0.3) is 0 Å². The fourth-order valence-corrected chi connectivity index (χ4v) is 4.50. The largest absolute Gasteiger partial charge is 0.338 e. The highest BCUT2D eigenvalue weighted by atomic mass is 16.5. The van der Waals surface area contributed by atoms with Gasteiger partial charge >= 0.3 is 0 Å². The summed E-state index contributed by atoms with van der Waals surface area (Å²) in [5, 5.41) is 3.87. The lowest BCUT2D eigenvalue weighted by molar-refractivity contribution is -0.130. The molecule has 2 aromatic rings. The minimum absolute atomic E-state index is 0.165. The van der Waals surface area contributed by atoms with Crippen LogP contribution in [0.15, 0.2) is 28.8 Å². The number of rotatable bonds is 3. The van der Waals surface area contributed by atoms with E-state index in [0.717, 1.165) is 19.6 Å². The maximum atomic E-state index is 12.2. The van der Waals surface area contributed by atoms with E-state index >= 15 is 0 Å². The molecule has 0 N–H and O–H groups in total. The lowest BCUT2D eigenvalue weighted by Crippen LogP contribution is -2.34. The van der Waals surface area contributed by atoms with Crippen LogP contribution >= 0.6 is 0 Å². The quantitative estimate of drug-likeness (QED) is 0.858. The van der Waals surface area contributed by atoms with Gasteiger partial charge in [-0.2, -0.15) is 4.98 Å². The number of nitrogens with zero attached hydrogens (tertiary/aromatic N) is 4. The van der Waals surface area contributed by atoms with Gasteiger partial charge in [0.15, 0.2) is 5.82 Å². The number of aryl methyl sites for hydroxylation is 2. The van der Waals surface area contributed by atoms with Crippen LogP contribution in [0.25, 0.3) is 0 Å². The van der Waals surface area contributed by atoms with Crippen molar-refractivity contribution in [2.45, 2.75) is 33.4 Å². The molecule has 0 bridgehead atoms. The summed E-state index contributed by atoms with van der Waals surface area (Å²) < 4.78 is 5.27. The number of carbonyl (C=O) groups excluding carboxylic acids is 1.